The molecule has 1 aromatic carbocycles. The second-order valence-electron chi connectivity index (χ2n) is 5.62. The van der Waals surface area contributed by atoms with E-state index in [1.165, 1.54) is 30.6 Å². The molecule has 0 atom stereocenters. The van der Waals surface area contributed by atoms with E-state index in [0.29, 0.717) is 32.0 Å². The molecule has 2 aromatic rings. The van der Waals surface area contributed by atoms with Gasteiger partial charge in [-0.2, -0.15) is 0 Å². The van der Waals surface area contributed by atoms with Crippen LogP contribution in [0.2, 0.25) is 0 Å². The molecule has 2 heterocycles. The maximum Gasteiger partial charge on any atom is 0.356 e. The standard InChI is InChI=1S/C16H15N5O5/c22-15(11-3-1-2-4-13(11)21(25)26)20-7-5-19(6-8-20)14-10-17-12(9-18-14)16(23)24/h1-4,9-10H,5-8H2,(H,23,24). The fourth-order valence-electron chi connectivity index (χ4n) is 2.72. The molecule has 1 aromatic heterocycles. The molecule has 3 rings (SSSR count). The molecule has 1 aliphatic heterocycles. The number of anilines is 1. The molecule has 0 aliphatic carbocycles. The highest BCUT2D eigenvalue weighted by molar-refractivity contribution is 5.98. The van der Waals surface area contributed by atoms with Crippen molar-refractivity contribution in [2.75, 3.05) is 31.1 Å². The molecule has 26 heavy (non-hydrogen) atoms. The molecule has 0 bridgehead atoms. The first-order chi connectivity index (χ1) is 12.5. The van der Waals surface area contributed by atoms with Crippen LogP contribution >= 0.6 is 0 Å². The maximum absolute atomic E-state index is 12.6. The van der Waals surface area contributed by atoms with Gasteiger partial charge in [-0.3, -0.25) is 14.9 Å². The van der Waals surface area contributed by atoms with Gasteiger partial charge in [0.2, 0.25) is 0 Å². The van der Waals surface area contributed by atoms with Gasteiger partial charge < -0.3 is 14.9 Å². The fraction of sp³-hybridized carbons (Fsp3) is 0.250. The Bertz CT molecular complexity index is 846. The van der Waals surface area contributed by atoms with E-state index in [0.717, 1.165) is 0 Å². The van der Waals surface area contributed by atoms with Crippen molar-refractivity contribution < 1.29 is 19.6 Å². The number of nitro groups is 1. The Balaban J connectivity index is 1.68. The van der Waals surface area contributed by atoms with Crippen molar-refractivity contribution in [2.45, 2.75) is 0 Å². The summed E-state index contributed by atoms with van der Waals surface area (Å²) in [4.78, 5) is 45.3. The molecule has 0 unspecified atom stereocenters. The number of piperazine rings is 1. The quantitative estimate of drug-likeness (QED) is 0.635. The maximum atomic E-state index is 12.6. The van der Waals surface area contributed by atoms with Crippen molar-refractivity contribution in [1.82, 2.24) is 14.9 Å². The summed E-state index contributed by atoms with van der Waals surface area (Å²) in [6, 6.07) is 5.87. The average molecular weight is 357 g/mol. The van der Waals surface area contributed by atoms with Gasteiger partial charge in [-0.15, -0.1) is 0 Å². The van der Waals surface area contributed by atoms with Gasteiger partial charge in [0.1, 0.15) is 11.4 Å². The number of para-hydroxylation sites is 1. The SMILES string of the molecule is O=C(O)c1cnc(N2CCN(C(=O)c3ccccc3[N+](=O)[O-])CC2)cn1. The van der Waals surface area contributed by atoms with Crippen molar-refractivity contribution in [2.24, 2.45) is 0 Å². The van der Waals surface area contributed by atoms with Crippen LogP contribution in [0.15, 0.2) is 36.7 Å². The topological polar surface area (TPSA) is 130 Å². The van der Waals surface area contributed by atoms with Crippen LogP contribution in [0.4, 0.5) is 11.5 Å². The summed E-state index contributed by atoms with van der Waals surface area (Å²) in [5.74, 6) is -1.01. The molecule has 10 heteroatoms. The van der Waals surface area contributed by atoms with Gasteiger partial charge in [-0.1, -0.05) is 12.1 Å². The Morgan fingerprint density at radius 1 is 1.08 bits per heavy atom. The number of carbonyl (C=O) groups excluding carboxylic acids is 1. The highest BCUT2D eigenvalue weighted by Crippen LogP contribution is 2.21. The van der Waals surface area contributed by atoms with Gasteiger partial charge in [0.25, 0.3) is 11.6 Å². The lowest BCUT2D eigenvalue weighted by atomic mass is 10.1. The van der Waals surface area contributed by atoms with E-state index in [9.17, 15) is 19.7 Å². The summed E-state index contributed by atoms with van der Waals surface area (Å²) >= 11 is 0. The molecule has 134 valence electrons. The molecular weight excluding hydrogens is 342 g/mol. The van der Waals surface area contributed by atoms with Gasteiger partial charge >= 0.3 is 5.97 Å². The zero-order valence-electron chi connectivity index (χ0n) is 13.6. The smallest absolute Gasteiger partial charge is 0.356 e. The summed E-state index contributed by atoms with van der Waals surface area (Å²) in [6.45, 7) is 1.67. The average Bonchev–Trinajstić information content (AvgIpc) is 2.67. The minimum Gasteiger partial charge on any atom is -0.476 e. The van der Waals surface area contributed by atoms with Crippen LogP contribution in [0.5, 0.6) is 0 Å². The first kappa shape index (κ1) is 17.3. The molecule has 0 spiro atoms. The highest BCUT2D eigenvalue weighted by atomic mass is 16.6. The monoisotopic (exact) mass is 357 g/mol. The van der Waals surface area contributed by atoms with E-state index >= 15 is 0 Å². The minimum atomic E-state index is -1.15. The molecule has 0 radical (unpaired) electrons. The number of carboxylic acids is 1. The molecule has 1 aliphatic rings. The largest absolute Gasteiger partial charge is 0.476 e. The Morgan fingerprint density at radius 2 is 1.77 bits per heavy atom. The van der Waals surface area contributed by atoms with Gasteiger partial charge in [0.05, 0.1) is 17.3 Å². The van der Waals surface area contributed by atoms with Gasteiger partial charge in [-0.25, -0.2) is 14.8 Å². The predicted octanol–water partition coefficient (Wildman–Crippen LogP) is 1.05. The lowest BCUT2D eigenvalue weighted by Crippen LogP contribution is -2.49. The molecule has 1 amide bonds. The van der Waals surface area contributed by atoms with E-state index in [-0.39, 0.29) is 22.9 Å². The number of amides is 1. The number of aromatic carboxylic acids is 1. The second kappa shape index (κ2) is 7.13. The lowest BCUT2D eigenvalue weighted by molar-refractivity contribution is -0.385. The van der Waals surface area contributed by atoms with Crippen molar-refractivity contribution in [3.63, 3.8) is 0 Å². The van der Waals surface area contributed by atoms with Crippen molar-refractivity contribution in [3.05, 3.63) is 58.0 Å². The number of benzene rings is 1. The lowest BCUT2D eigenvalue weighted by Gasteiger charge is -2.35. The summed E-state index contributed by atoms with van der Waals surface area (Å²) in [5.41, 5.74) is -0.287. The summed E-state index contributed by atoms with van der Waals surface area (Å²) in [6.07, 6.45) is 2.56. The summed E-state index contributed by atoms with van der Waals surface area (Å²) in [7, 11) is 0. The minimum absolute atomic E-state index is 0.0663. The summed E-state index contributed by atoms with van der Waals surface area (Å²) < 4.78 is 0. The zero-order chi connectivity index (χ0) is 18.7. The van der Waals surface area contributed by atoms with Crippen molar-refractivity contribution in [1.29, 1.82) is 0 Å². The molecule has 0 saturated carbocycles. The van der Waals surface area contributed by atoms with E-state index in [4.69, 9.17) is 5.11 Å². The van der Waals surface area contributed by atoms with Crippen molar-refractivity contribution in [3.8, 4) is 0 Å². The Hall–Kier alpha value is -3.56. The van der Waals surface area contributed by atoms with Crippen LogP contribution in [-0.2, 0) is 0 Å². The Labute approximate surface area is 147 Å². The van der Waals surface area contributed by atoms with Crippen LogP contribution in [0.1, 0.15) is 20.8 Å². The summed E-state index contributed by atoms with van der Waals surface area (Å²) in [5, 5.41) is 19.9. The zero-order valence-corrected chi connectivity index (χ0v) is 13.6. The molecule has 10 nitrogen and oxygen atoms in total. The number of aromatic nitrogens is 2. The molecule has 1 N–H and O–H groups in total. The highest BCUT2D eigenvalue weighted by Gasteiger charge is 2.27. The molecule has 1 saturated heterocycles. The molecular formula is C16H15N5O5. The third-order valence-corrected chi connectivity index (χ3v) is 4.08. The number of carbonyl (C=O) groups is 2. The third kappa shape index (κ3) is 3.43. The number of rotatable bonds is 4. The molecule has 1 fully saturated rings. The number of carboxylic acid groups (broad SMARTS) is 1. The van der Waals surface area contributed by atoms with Crippen LogP contribution in [0, 0.1) is 10.1 Å². The fourth-order valence-corrected chi connectivity index (χ4v) is 2.72. The Morgan fingerprint density at radius 3 is 2.35 bits per heavy atom. The number of hydrogen-bond acceptors (Lipinski definition) is 7. The number of hydrogen-bond donors (Lipinski definition) is 1. The predicted molar refractivity (Wildman–Crippen MR) is 90.2 cm³/mol. The van der Waals surface area contributed by atoms with Crippen LogP contribution in [-0.4, -0.2) is 63.0 Å². The second-order valence-corrected chi connectivity index (χ2v) is 5.62. The van der Waals surface area contributed by atoms with Crippen LogP contribution < -0.4 is 4.90 Å². The van der Waals surface area contributed by atoms with E-state index in [1.54, 1.807) is 11.0 Å². The van der Waals surface area contributed by atoms with E-state index in [1.807, 2.05) is 4.90 Å². The van der Waals surface area contributed by atoms with Crippen LogP contribution in [0.3, 0.4) is 0 Å². The van der Waals surface area contributed by atoms with Gasteiger partial charge in [-0.05, 0) is 6.07 Å². The first-order valence-corrected chi connectivity index (χ1v) is 7.80. The van der Waals surface area contributed by atoms with Crippen LogP contribution in [0.25, 0.3) is 0 Å². The number of nitrogens with zero attached hydrogens (tertiary/aromatic N) is 5. The van der Waals surface area contributed by atoms with Gasteiger partial charge in [0.15, 0.2) is 5.69 Å². The van der Waals surface area contributed by atoms with E-state index < -0.39 is 10.9 Å². The Kier molecular flexibility index (Phi) is 4.74. The number of nitro benzene ring substituents is 1. The normalized spacial score (nSPS) is 14.2. The third-order valence-electron chi connectivity index (χ3n) is 4.08. The first-order valence-electron chi connectivity index (χ1n) is 7.80. The van der Waals surface area contributed by atoms with Crippen molar-refractivity contribution >= 4 is 23.4 Å². The van der Waals surface area contributed by atoms with Gasteiger partial charge in [0, 0.05) is 32.2 Å². The van der Waals surface area contributed by atoms with E-state index in [2.05, 4.69) is 9.97 Å².